The normalized spacial score (nSPS) is 27.8. The molecule has 33 heavy (non-hydrogen) atoms. The van der Waals surface area contributed by atoms with Gasteiger partial charge in [0.1, 0.15) is 5.54 Å². The molecule has 3 aliphatic rings. The van der Waals surface area contributed by atoms with Crippen molar-refractivity contribution >= 4 is 35.1 Å². The van der Waals surface area contributed by atoms with Gasteiger partial charge in [-0.25, -0.2) is 9.69 Å². The van der Waals surface area contributed by atoms with Gasteiger partial charge >= 0.3 is 5.97 Å². The van der Waals surface area contributed by atoms with Crippen LogP contribution in [0.5, 0.6) is 0 Å². The van der Waals surface area contributed by atoms with E-state index in [2.05, 4.69) is 10.6 Å². The lowest BCUT2D eigenvalue weighted by Crippen LogP contribution is -2.54. The first-order valence-electron chi connectivity index (χ1n) is 11.1. The average Bonchev–Trinajstić information content (AvgIpc) is 3.39. The van der Waals surface area contributed by atoms with Gasteiger partial charge in [-0.2, -0.15) is 0 Å². The molecule has 3 amide bonds. The predicted molar refractivity (Wildman–Crippen MR) is 120 cm³/mol. The number of rotatable bonds is 4. The molecular weight excluding hydrogens is 422 g/mol. The van der Waals surface area contributed by atoms with Crippen molar-refractivity contribution in [3.8, 4) is 0 Å². The van der Waals surface area contributed by atoms with E-state index in [-0.39, 0.29) is 30.4 Å². The van der Waals surface area contributed by atoms with E-state index in [4.69, 9.17) is 4.74 Å². The standard InChI is InChI=1S/C25H25N3O5/c1-4-33-23(31)14-9-11-15(12-10-14)28-21(29)18-19(22(28)30)25(27-20(18)13(2)3)16-7-5-6-8-17(16)26-24(25)32/h5-13,18-20,27H,4H2,1-3H3,(H,26,32)/t18-,19-,20-,25+/m0/s1. The van der Waals surface area contributed by atoms with Gasteiger partial charge in [-0.15, -0.1) is 0 Å². The average molecular weight is 447 g/mol. The van der Waals surface area contributed by atoms with Gasteiger partial charge in [0, 0.05) is 17.3 Å². The number of fused-ring (bicyclic) bond motifs is 4. The molecule has 0 saturated carbocycles. The Balaban J connectivity index is 1.58. The fourth-order valence-electron chi connectivity index (χ4n) is 5.48. The zero-order valence-electron chi connectivity index (χ0n) is 18.6. The van der Waals surface area contributed by atoms with Crippen LogP contribution < -0.4 is 15.5 Å². The molecule has 8 heteroatoms. The second-order valence-electron chi connectivity index (χ2n) is 9.00. The number of para-hydroxylation sites is 1. The second kappa shape index (κ2) is 7.52. The maximum atomic E-state index is 13.8. The van der Waals surface area contributed by atoms with Crippen LogP contribution in [0.1, 0.15) is 36.7 Å². The number of carbonyl (C=O) groups excluding carboxylic acids is 4. The molecule has 2 aromatic rings. The largest absolute Gasteiger partial charge is 0.462 e. The van der Waals surface area contributed by atoms with E-state index in [1.807, 2.05) is 32.0 Å². The van der Waals surface area contributed by atoms with Crippen LogP contribution in [0.15, 0.2) is 48.5 Å². The fourth-order valence-corrected chi connectivity index (χ4v) is 5.48. The molecule has 0 unspecified atom stereocenters. The molecule has 0 aromatic heterocycles. The Kier molecular flexibility index (Phi) is 4.86. The summed E-state index contributed by atoms with van der Waals surface area (Å²) in [6.07, 6.45) is 0. The lowest BCUT2D eigenvalue weighted by molar-refractivity contribution is -0.130. The van der Waals surface area contributed by atoms with E-state index in [1.165, 1.54) is 12.1 Å². The minimum Gasteiger partial charge on any atom is -0.462 e. The third-order valence-corrected chi connectivity index (χ3v) is 6.91. The summed E-state index contributed by atoms with van der Waals surface area (Å²) in [7, 11) is 0. The molecule has 3 aliphatic heterocycles. The molecule has 0 aliphatic carbocycles. The predicted octanol–water partition coefficient (Wildman–Crippen LogP) is 2.44. The minimum atomic E-state index is -1.30. The smallest absolute Gasteiger partial charge is 0.338 e. The Labute approximate surface area is 191 Å². The summed E-state index contributed by atoms with van der Waals surface area (Å²) in [6, 6.07) is 13.1. The van der Waals surface area contributed by atoms with Gasteiger partial charge in [0.25, 0.3) is 0 Å². The van der Waals surface area contributed by atoms with Gasteiger partial charge in [-0.1, -0.05) is 32.0 Å². The molecule has 2 saturated heterocycles. The summed E-state index contributed by atoms with van der Waals surface area (Å²) in [4.78, 5) is 53.9. The number of imide groups is 1. The van der Waals surface area contributed by atoms with Gasteiger partial charge in [-0.05, 0) is 43.2 Å². The van der Waals surface area contributed by atoms with Crippen LogP contribution in [0.25, 0.3) is 0 Å². The van der Waals surface area contributed by atoms with E-state index >= 15 is 0 Å². The van der Waals surface area contributed by atoms with Crippen molar-refractivity contribution < 1.29 is 23.9 Å². The highest BCUT2D eigenvalue weighted by Crippen LogP contribution is 2.54. The molecular formula is C25H25N3O5. The first kappa shape index (κ1) is 21.3. The van der Waals surface area contributed by atoms with Gasteiger partial charge < -0.3 is 10.1 Å². The molecule has 2 aromatic carbocycles. The highest BCUT2D eigenvalue weighted by atomic mass is 16.5. The van der Waals surface area contributed by atoms with E-state index in [0.717, 1.165) is 4.90 Å². The molecule has 5 rings (SSSR count). The number of ether oxygens (including phenoxy) is 1. The fraction of sp³-hybridized carbons (Fsp3) is 0.360. The Morgan fingerprint density at radius 2 is 1.76 bits per heavy atom. The van der Waals surface area contributed by atoms with Crippen LogP contribution in [0.3, 0.4) is 0 Å². The van der Waals surface area contributed by atoms with Crippen LogP contribution in [-0.4, -0.2) is 36.3 Å². The number of hydrogen-bond donors (Lipinski definition) is 2. The molecule has 3 heterocycles. The zero-order chi connectivity index (χ0) is 23.5. The summed E-state index contributed by atoms with van der Waals surface area (Å²) in [5.74, 6) is -3.08. The molecule has 2 N–H and O–H groups in total. The Morgan fingerprint density at radius 3 is 2.42 bits per heavy atom. The summed E-state index contributed by atoms with van der Waals surface area (Å²) in [6.45, 7) is 5.92. The summed E-state index contributed by atoms with van der Waals surface area (Å²) >= 11 is 0. The minimum absolute atomic E-state index is 0.0142. The highest BCUT2D eigenvalue weighted by Gasteiger charge is 2.70. The molecule has 4 atom stereocenters. The second-order valence-corrected chi connectivity index (χ2v) is 9.00. The summed E-state index contributed by atoms with van der Waals surface area (Å²) in [5.41, 5.74) is 0.742. The summed E-state index contributed by atoms with van der Waals surface area (Å²) in [5, 5.41) is 6.29. The van der Waals surface area contributed by atoms with Crippen molar-refractivity contribution in [1.29, 1.82) is 0 Å². The van der Waals surface area contributed by atoms with Crippen molar-refractivity contribution in [2.75, 3.05) is 16.8 Å². The van der Waals surface area contributed by atoms with Crippen LogP contribution in [0.2, 0.25) is 0 Å². The first-order chi connectivity index (χ1) is 15.8. The van der Waals surface area contributed by atoms with Gasteiger partial charge in [0.05, 0.1) is 29.7 Å². The highest BCUT2D eigenvalue weighted by molar-refractivity contribution is 6.25. The molecule has 0 radical (unpaired) electrons. The third kappa shape index (κ3) is 2.87. The van der Waals surface area contributed by atoms with Crippen molar-refractivity contribution in [3.63, 3.8) is 0 Å². The van der Waals surface area contributed by atoms with Gasteiger partial charge in [0.2, 0.25) is 17.7 Å². The Bertz CT molecular complexity index is 1170. The molecule has 170 valence electrons. The topological polar surface area (TPSA) is 105 Å². The summed E-state index contributed by atoms with van der Waals surface area (Å²) < 4.78 is 5.01. The van der Waals surface area contributed by atoms with E-state index in [0.29, 0.717) is 22.5 Å². The van der Waals surface area contributed by atoms with Crippen molar-refractivity contribution in [2.24, 2.45) is 17.8 Å². The van der Waals surface area contributed by atoms with Crippen LogP contribution in [0.4, 0.5) is 11.4 Å². The van der Waals surface area contributed by atoms with Crippen molar-refractivity contribution in [3.05, 3.63) is 59.7 Å². The number of esters is 1. The lowest BCUT2D eigenvalue weighted by Gasteiger charge is -2.30. The first-order valence-corrected chi connectivity index (χ1v) is 11.1. The Morgan fingerprint density at radius 1 is 1.06 bits per heavy atom. The van der Waals surface area contributed by atoms with Gasteiger partial charge in [-0.3, -0.25) is 19.7 Å². The van der Waals surface area contributed by atoms with Crippen molar-refractivity contribution in [2.45, 2.75) is 32.4 Å². The number of hydrogen-bond acceptors (Lipinski definition) is 6. The van der Waals surface area contributed by atoms with E-state index in [9.17, 15) is 19.2 Å². The zero-order valence-corrected chi connectivity index (χ0v) is 18.6. The lowest BCUT2D eigenvalue weighted by atomic mass is 9.76. The maximum Gasteiger partial charge on any atom is 0.338 e. The van der Waals surface area contributed by atoms with Crippen LogP contribution in [0, 0.1) is 17.8 Å². The van der Waals surface area contributed by atoms with Crippen LogP contribution in [-0.2, 0) is 24.7 Å². The number of nitrogens with one attached hydrogen (secondary N) is 2. The number of benzene rings is 2. The molecule has 2 fully saturated rings. The van der Waals surface area contributed by atoms with Crippen molar-refractivity contribution in [1.82, 2.24) is 5.32 Å². The number of nitrogens with zero attached hydrogens (tertiary/aromatic N) is 1. The molecule has 0 bridgehead atoms. The monoisotopic (exact) mass is 447 g/mol. The Hall–Kier alpha value is -3.52. The number of anilines is 2. The maximum absolute atomic E-state index is 13.8. The number of amides is 3. The van der Waals surface area contributed by atoms with E-state index in [1.54, 1.807) is 25.1 Å². The molecule has 8 nitrogen and oxygen atoms in total. The molecule has 1 spiro atoms. The van der Waals surface area contributed by atoms with Gasteiger partial charge in [0.15, 0.2) is 0 Å². The third-order valence-electron chi connectivity index (χ3n) is 6.91. The SMILES string of the molecule is CCOC(=O)c1ccc(N2C(=O)[C@H]3[C@@H](C2=O)[C@@]2(N[C@H]3C(C)C)C(=O)Nc3ccccc32)cc1. The quantitative estimate of drug-likeness (QED) is 0.551. The van der Waals surface area contributed by atoms with E-state index < -0.39 is 29.3 Å². The van der Waals surface area contributed by atoms with Crippen LogP contribution >= 0.6 is 0 Å². The number of carbonyl (C=O) groups is 4.